The van der Waals surface area contributed by atoms with Gasteiger partial charge in [-0.25, -0.2) is 0 Å². The fourth-order valence-corrected chi connectivity index (χ4v) is 2.51. The van der Waals surface area contributed by atoms with Crippen LogP contribution in [0.1, 0.15) is 18.9 Å². The first kappa shape index (κ1) is 13.2. The monoisotopic (exact) mass is 250 g/mol. The van der Waals surface area contributed by atoms with E-state index in [0.29, 0.717) is 17.7 Å². The quantitative estimate of drug-likeness (QED) is 0.635. The van der Waals surface area contributed by atoms with E-state index in [9.17, 15) is 5.11 Å². The van der Waals surface area contributed by atoms with Gasteiger partial charge in [0.1, 0.15) is 5.75 Å². The summed E-state index contributed by atoms with van der Waals surface area (Å²) in [4.78, 5) is 2.37. The van der Waals surface area contributed by atoms with Crippen molar-refractivity contribution in [1.29, 1.82) is 0 Å². The number of rotatable bonds is 3. The Morgan fingerprint density at radius 2 is 2.28 bits per heavy atom. The molecule has 4 heteroatoms. The molecule has 4 nitrogen and oxygen atoms in total. The molecule has 0 aliphatic carbocycles. The van der Waals surface area contributed by atoms with Gasteiger partial charge >= 0.3 is 0 Å². The zero-order valence-electron chi connectivity index (χ0n) is 11.1. The summed E-state index contributed by atoms with van der Waals surface area (Å²) in [5.41, 5.74) is 7.29. The standard InChI is InChI=1S/C14H22N2O2/c1-10-5-6-16(9-14(10)18-2)8-11-3-4-13(17)12(15)7-11/h3-4,7,10,14,17H,5-6,8-9,15H2,1-2H3. The second kappa shape index (κ2) is 5.59. The van der Waals surface area contributed by atoms with Crippen molar-refractivity contribution in [3.8, 4) is 5.75 Å². The molecule has 0 bridgehead atoms. The lowest BCUT2D eigenvalue weighted by Crippen LogP contribution is -2.43. The molecule has 1 heterocycles. The Morgan fingerprint density at radius 3 is 2.94 bits per heavy atom. The van der Waals surface area contributed by atoms with Crippen molar-refractivity contribution in [1.82, 2.24) is 4.90 Å². The van der Waals surface area contributed by atoms with Gasteiger partial charge in [-0.2, -0.15) is 0 Å². The zero-order chi connectivity index (χ0) is 13.1. The number of nitrogens with two attached hydrogens (primary N) is 1. The summed E-state index contributed by atoms with van der Waals surface area (Å²) in [5, 5.41) is 9.41. The average molecular weight is 250 g/mol. The number of piperidine rings is 1. The molecular weight excluding hydrogens is 228 g/mol. The molecule has 0 amide bonds. The molecule has 0 radical (unpaired) electrons. The number of methoxy groups -OCH3 is 1. The third-order valence-electron chi connectivity index (χ3n) is 3.77. The molecule has 2 rings (SSSR count). The molecule has 1 aromatic rings. The number of phenols is 1. The van der Waals surface area contributed by atoms with Gasteiger partial charge in [-0.1, -0.05) is 13.0 Å². The highest BCUT2D eigenvalue weighted by Gasteiger charge is 2.25. The van der Waals surface area contributed by atoms with Gasteiger partial charge in [0.05, 0.1) is 11.8 Å². The molecule has 1 saturated heterocycles. The molecule has 1 aliphatic heterocycles. The Hall–Kier alpha value is -1.26. The third kappa shape index (κ3) is 2.94. The fraction of sp³-hybridized carbons (Fsp3) is 0.571. The van der Waals surface area contributed by atoms with Crippen LogP contribution in [0.4, 0.5) is 5.69 Å². The molecule has 100 valence electrons. The van der Waals surface area contributed by atoms with E-state index in [2.05, 4.69) is 11.8 Å². The highest BCUT2D eigenvalue weighted by molar-refractivity contribution is 5.53. The van der Waals surface area contributed by atoms with Crippen LogP contribution in [0, 0.1) is 5.92 Å². The van der Waals surface area contributed by atoms with Crippen molar-refractivity contribution in [2.24, 2.45) is 5.92 Å². The van der Waals surface area contributed by atoms with Gasteiger partial charge in [-0.05, 0) is 36.6 Å². The molecule has 3 N–H and O–H groups in total. The zero-order valence-corrected chi connectivity index (χ0v) is 11.1. The SMILES string of the molecule is COC1CN(Cc2ccc(O)c(N)c2)CCC1C. The van der Waals surface area contributed by atoms with Crippen molar-refractivity contribution < 1.29 is 9.84 Å². The van der Waals surface area contributed by atoms with E-state index in [1.54, 1.807) is 13.2 Å². The van der Waals surface area contributed by atoms with E-state index in [1.165, 1.54) is 0 Å². The average Bonchev–Trinajstić information content (AvgIpc) is 2.36. The Labute approximate surface area is 108 Å². The van der Waals surface area contributed by atoms with Crippen LogP contribution in [0.2, 0.25) is 0 Å². The second-order valence-corrected chi connectivity index (χ2v) is 5.17. The van der Waals surface area contributed by atoms with Gasteiger partial charge in [0.25, 0.3) is 0 Å². The number of ether oxygens (including phenoxy) is 1. The summed E-state index contributed by atoms with van der Waals surface area (Å²) in [6, 6.07) is 5.42. The number of hydrogen-bond donors (Lipinski definition) is 2. The first-order valence-electron chi connectivity index (χ1n) is 6.42. The first-order chi connectivity index (χ1) is 8.60. The van der Waals surface area contributed by atoms with Crippen molar-refractivity contribution in [2.45, 2.75) is 26.0 Å². The predicted octanol–water partition coefficient (Wildman–Crippen LogP) is 1.83. The van der Waals surface area contributed by atoms with E-state index in [4.69, 9.17) is 10.5 Å². The van der Waals surface area contributed by atoms with E-state index in [0.717, 1.165) is 31.6 Å². The second-order valence-electron chi connectivity index (χ2n) is 5.17. The number of hydrogen-bond acceptors (Lipinski definition) is 4. The van der Waals surface area contributed by atoms with Gasteiger partial charge < -0.3 is 15.6 Å². The molecule has 0 aromatic heterocycles. The minimum absolute atomic E-state index is 0.154. The number of anilines is 1. The van der Waals surface area contributed by atoms with Crippen LogP contribution < -0.4 is 5.73 Å². The van der Waals surface area contributed by atoms with E-state index < -0.39 is 0 Å². The minimum atomic E-state index is 0.154. The molecule has 0 saturated carbocycles. The van der Waals surface area contributed by atoms with Crippen LogP contribution in [-0.4, -0.2) is 36.3 Å². The molecular formula is C14H22N2O2. The molecule has 1 aromatic carbocycles. The maximum Gasteiger partial charge on any atom is 0.138 e. The number of nitrogens with zero attached hydrogens (tertiary/aromatic N) is 1. The maximum absolute atomic E-state index is 9.41. The summed E-state index contributed by atoms with van der Waals surface area (Å²) in [6.45, 7) is 5.14. The van der Waals surface area contributed by atoms with Gasteiger partial charge in [-0.15, -0.1) is 0 Å². The van der Waals surface area contributed by atoms with Crippen molar-refractivity contribution in [2.75, 3.05) is 25.9 Å². The summed E-state index contributed by atoms with van der Waals surface area (Å²) >= 11 is 0. The highest BCUT2D eigenvalue weighted by atomic mass is 16.5. The number of likely N-dealkylation sites (tertiary alicyclic amines) is 1. The van der Waals surface area contributed by atoms with Crippen LogP contribution in [0.3, 0.4) is 0 Å². The lowest BCUT2D eigenvalue weighted by atomic mass is 9.95. The maximum atomic E-state index is 9.41. The predicted molar refractivity (Wildman–Crippen MR) is 72.4 cm³/mol. The Bertz CT molecular complexity index is 409. The largest absolute Gasteiger partial charge is 0.506 e. The number of nitrogen functional groups attached to an aromatic ring is 1. The highest BCUT2D eigenvalue weighted by Crippen LogP contribution is 2.24. The van der Waals surface area contributed by atoms with E-state index in [1.807, 2.05) is 12.1 Å². The first-order valence-corrected chi connectivity index (χ1v) is 6.42. The Morgan fingerprint density at radius 1 is 1.50 bits per heavy atom. The topological polar surface area (TPSA) is 58.7 Å². The smallest absolute Gasteiger partial charge is 0.138 e. The molecule has 2 unspecified atom stereocenters. The molecule has 1 fully saturated rings. The number of phenolic OH excluding ortho intramolecular Hbond substituents is 1. The summed E-state index contributed by atoms with van der Waals surface area (Å²) in [7, 11) is 1.78. The minimum Gasteiger partial charge on any atom is -0.506 e. The molecule has 2 atom stereocenters. The van der Waals surface area contributed by atoms with Gasteiger partial charge in [0.15, 0.2) is 0 Å². The van der Waals surface area contributed by atoms with Crippen LogP contribution >= 0.6 is 0 Å². The lowest BCUT2D eigenvalue weighted by Gasteiger charge is -2.36. The molecule has 0 spiro atoms. The summed E-state index contributed by atoms with van der Waals surface area (Å²) in [5.74, 6) is 0.775. The van der Waals surface area contributed by atoms with Crippen LogP contribution in [0.25, 0.3) is 0 Å². The van der Waals surface area contributed by atoms with Crippen LogP contribution in [-0.2, 0) is 11.3 Å². The van der Waals surface area contributed by atoms with Gasteiger partial charge in [0.2, 0.25) is 0 Å². The van der Waals surface area contributed by atoms with Gasteiger partial charge in [0, 0.05) is 20.2 Å². The van der Waals surface area contributed by atoms with E-state index >= 15 is 0 Å². The van der Waals surface area contributed by atoms with Crippen molar-refractivity contribution in [3.05, 3.63) is 23.8 Å². The normalized spacial score (nSPS) is 25.2. The Balaban J connectivity index is 1.99. The Kier molecular flexibility index (Phi) is 4.09. The number of aromatic hydroxyl groups is 1. The molecule has 1 aliphatic rings. The van der Waals surface area contributed by atoms with Crippen molar-refractivity contribution in [3.63, 3.8) is 0 Å². The number of benzene rings is 1. The van der Waals surface area contributed by atoms with Crippen molar-refractivity contribution >= 4 is 5.69 Å². The lowest BCUT2D eigenvalue weighted by molar-refractivity contribution is -0.00744. The van der Waals surface area contributed by atoms with Crippen LogP contribution in [0.5, 0.6) is 5.75 Å². The third-order valence-corrected chi connectivity index (χ3v) is 3.77. The van der Waals surface area contributed by atoms with E-state index in [-0.39, 0.29) is 5.75 Å². The van der Waals surface area contributed by atoms with Crippen LogP contribution in [0.15, 0.2) is 18.2 Å². The van der Waals surface area contributed by atoms with Gasteiger partial charge in [-0.3, -0.25) is 4.90 Å². The summed E-state index contributed by atoms with van der Waals surface area (Å²) in [6.07, 6.45) is 1.47. The fourth-order valence-electron chi connectivity index (χ4n) is 2.51. The molecule has 18 heavy (non-hydrogen) atoms. The summed E-state index contributed by atoms with van der Waals surface area (Å²) < 4.78 is 5.51.